The number of carboxylic acids is 1. The molecule has 3 nitrogen and oxygen atoms in total. The number of aliphatic carboxylic acids is 1. The fraction of sp³-hybridized carbons (Fsp3) is 0.385. The predicted octanol–water partition coefficient (Wildman–Crippen LogP) is 2.99. The van der Waals surface area contributed by atoms with Gasteiger partial charge in [-0.1, -0.05) is 26.0 Å². The molecule has 0 saturated carbocycles. The van der Waals surface area contributed by atoms with E-state index in [2.05, 4.69) is 18.8 Å². The molecule has 1 N–H and O–H groups in total. The Morgan fingerprint density at radius 1 is 1.50 bits per heavy atom. The summed E-state index contributed by atoms with van der Waals surface area (Å²) in [6.45, 7) is 4.22. The summed E-state index contributed by atoms with van der Waals surface area (Å²) in [4.78, 5) is 14.8. The van der Waals surface area contributed by atoms with Gasteiger partial charge < -0.3 is 5.11 Å². The summed E-state index contributed by atoms with van der Waals surface area (Å²) in [7, 11) is 0. The highest BCUT2D eigenvalue weighted by molar-refractivity contribution is 5.73. The Balaban J connectivity index is 2.87. The van der Waals surface area contributed by atoms with Crippen molar-refractivity contribution >= 4 is 11.5 Å². The summed E-state index contributed by atoms with van der Waals surface area (Å²) in [5.74, 6) is -0.320. The van der Waals surface area contributed by atoms with Gasteiger partial charge in [0.15, 0.2) is 0 Å². The maximum atomic E-state index is 10.6. The smallest absolute Gasteiger partial charge is 0.307 e. The van der Waals surface area contributed by atoms with Crippen LogP contribution in [0, 0.1) is 5.92 Å². The van der Waals surface area contributed by atoms with Crippen molar-refractivity contribution in [2.75, 3.05) is 0 Å². The van der Waals surface area contributed by atoms with E-state index >= 15 is 0 Å². The maximum absolute atomic E-state index is 10.6. The molecule has 0 aliphatic heterocycles. The summed E-state index contributed by atoms with van der Waals surface area (Å²) < 4.78 is 0. The van der Waals surface area contributed by atoms with E-state index in [1.807, 2.05) is 18.2 Å². The molecule has 0 atom stereocenters. The van der Waals surface area contributed by atoms with Gasteiger partial charge in [0.25, 0.3) is 0 Å². The van der Waals surface area contributed by atoms with Crippen LogP contribution in [0.4, 0.5) is 0 Å². The monoisotopic (exact) mass is 219 g/mol. The van der Waals surface area contributed by atoms with Gasteiger partial charge in [-0.3, -0.25) is 9.78 Å². The van der Waals surface area contributed by atoms with Crippen LogP contribution in [0.3, 0.4) is 0 Å². The molecular weight excluding hydrogens is 202 g/mol. The van der Waals surface area contributed by atoms with Crippen LogP contribution < -0.4 is 0 Å². The minimum Gasteiger partial charge on any atom is -0.481 e. The minimum atomic E-state index is -0.808. The SMILES string of the molecule is CC(C)CC(=CCC(=O)O)c1ccccn1. The van der Waals surface area contributed by atoms with Crippen molar-refractivity contribution in [1.29, 1.82) is 0 Å². The van der Waals surface area contributed by atoms with Gasteiger partial charge in [-0.25, -0.2) is 0 Å². The standard InChI is InChI=1S/C13H17NO2/c1-10(2)9-11(6-7-13(15)16)12-5-3-4-8-14-12/h3-6,8,10H,7,9H2,1-2H3,(H,15,16). The van der Waals surface area contributed by atoms with E-state index in [0.29, 0.717) is 5.92 Å². The van der Waals surface area contributed by atoms with Crippen molar-refractivity contribution in [2.45, 2.75) is 26.7 Å². The molecule has 0 fully saturated rings. The number of hydrogen-bond donors (Lipinski definition) is 1. The van der Waals surface area contributed by atoms with Gasteiger partial charge in [0.2, 0.25) is 0 Å². The van der Waals surface area contributed by atoms with Crippen LogP contribution in [0.25, 0.3) is 5.57 Å². The van der Waals surface area contributed by atoms with Crippen molar-refractivity contribution in [3.8, 4) is 0 Å². The minimum absolute atomic E-state index is 0.0542. The molecule has 86 valence electrons. The molecular formula is C13H17NO2. The van der Waals surface area contributed by atoms with Crippen LogP contribution in [0.15, 0.2) is 30.5 Å². The molecule has 16 heavy (non-hydrogen) atoms. The summed E-state index contributed by atoms with van der Waals surface area (Å²) in [5.41, 5.74) is 1.88. The number of nitrogens with zero attached hydrogens (tertiary/aromatic N) is 1. The first-order valence-corrected chi connectivity index (χ1v) is 5.42. The summed E-state index contributed by atoms with van der Waals surface area (Å²) >= 11 is 0. The van der Waals surface area contributed by atoms with Crippen molar-refractivity contribution < 1.29 is 9.90 Å². The van der Waals surface area contributed by atoms with E-state index < -0.39 is 5.97 Å². The first-order valence-electron chi connectivity index (χ1n) is 5.42. The molecule has 0 aliphatic rings. The summed E-state index contributed by atoms with van der Waals surface area (Å²) in [5, 5.41) is 8.68. The van der Waals surface area contributed by atoms with E-state index in [9.17, 15) is 4.79 Å². The molecule has 0 aliphatic carbocycles. The van der Waals surface area contributed by atoms with Crippen LogP contribution in [-0.2, 0) is 4.79 Å². The third-order valence-corrected chi connectivity index (χ3v) is 2.15. The lowest BCUT2D eigenvalue weighted by molar-refractivity contribution is -0.135. The molecule has 1 aromatic rings. The third-order valence-electron chi connectivity index (χ3n) is 2.15. The maximum Gasteiger partial charge on any atom is 0.307 e. The van der Waals surface area contributed by atoms with Crippen molar-refractivity contribution in [3.05, 3.63) is 36.2 Å². The number of carboxylic acid groups (broad SMARTS) is 1. The fourth-order valence-electron chi connectivity index (χ4n) is 1.50. The number of pyridine rings is 1. The van der Waals surface area contributed by atoms with Gasteiger partial charge >= 0.3 is 5.97 Å². The second-order valence-electron chi connectivity index (χ2n) is 4.14. The van der Waals surface area contributed by atoms with Crippen molar-refractivity contribution in [3.63, 3.8) is 0 Å². The Kier molecular flexibility index (Phi) is 4.70. The molecule has 0 unspecified atom stereocenters. The fourth-order valence-corrected chi connectivity index (χ4v) is 1.50. The molecule has 0 amide bonds. The van der Waals surface area contributed by atoms with Gasteiger partial charge in [-0.15, -0.1) is 0 Å². The average Bonchev–Trinajstić information content (AvgIpc) is 2.25. The second-order valence-corrected chi connectivity index (χ2v) is 4.14. The van der Waals surface area contributed by atoms with Crippen LogP contribution in [-0.4, -0.2) is 16.1 Å². The summed E-state index contributed by atoms with van der Waals surface area (Å²) in [6, 6.07) is 5.68. The van der Waals surface area contributed by atoms with Crippen molar-refractivity contribution in [2.24, 2.45) is 5.92 Å². The van der Waals surface area contributed by atoms with Gasteiger partial charge in [-0.05, 0) is 30.0 Å². The molecule has 1 aromatic heterocycles. The lowest BCUT2D eigenvalue weighted by Gasteiger charge is -2.09. The molecule has 0 saturated heterocycles. The number of carbonyl (C=O) groups is 1. The van der Waals surface area contributed by atoms with Crippen LogP contribution in [0.2, 0.25) is 0 Å². The van der Waals surface area contributed by atoms with Gasteiger partial charge in [0.1, 0.15) is 0 Å². The number of aromatic nitrogens is 1. The third kappa shape index (κ3) is 4.26. The second kappa shape index (κ2) is 6.05. The highest BCUT2D eigenvalue weighted by Gasteiger charge is 2.06. The van der Waals surface area contributed by atoms with E-state index in [1.165, 1.54) is 0 Å². The average molecular weight is 219 g/mol. The predicted molar refractivity (Wildman–Crippen MR) is 63.9 cm³/mol. The van der Waals surface area contributed by atoms with Crippen LogP contribution in [0.5, 0.6) is 0 Å². The topological polar surface area (TPSA) is 50.2 Å². The number of hydrogen-bond acceptors (Lipinski definition) is 2. The van der Waals surface area contributed by atoms with E-state index in [-0.39, 0.29) is 6.42 Å². The first kappa shape index (κ1) is 12.4. The Morgan fingerprint density at radius 3 is 2.75 bits per heavy atom. The Hall–Kier alpha value is -1.64. The quantitative estimate of drug-likeness (QED) is 0.828. The zero-order valence-corrected chi connectivity index (χ0v) is 9.68. The van der Waals surface area contributed by atoms with E-state index in [1.54, 1.807) is 12.3 Å². The van der Waals surface area contributed by atoms with Crippen LogP contribution >= 0.6 is 0 Å². The highest BCUT2D eigenvalue weighted by atomic mass is 16.4. The Labute approximate surface area is 95.8 Å². The zero-order chi connectivity index (χ0) is 12.0. The van der Waals surface area contributed by atoms with Crippen molar-refractivity contribution in [1.82, 2.24) is 4.98 Å². The van der Waals surface area contributed by atoms with E-state index in [4.69, 9.17) is 5.11 Å². The number of rotatable bonds is 5. The molecule has 0 aromatic carbocycles. The lowest BCUT2D eigenvalue weighted by Crippen LogP contribution is -1.97. The Bertz CT molecular complexity index is 369. The summed E-state index contributed by atoms with van der Waals surface area (Å²) in [6.07, 6.45) is 4.39. The number of allylic oxidation sites excluding steroid dienone is 1. The molecule has 1 heterocycles. The normalized spacial score (nSPS) is 11.8. The van der Waals surface area contributed by atoms with E-state index in [0.717, 1.165) is 17.7 Å². The molecule has 0 bridgehead atoms. The van der Waals surface area contributed by atoms with Gasteiger partial charge in [0.05, 0.1) is 12.1 Å². The van der Waals surface area contributed by atoms with Gasteiger partial charge in [0, 0.05) is 6.20 Å². The zero-order valence-electron chi connectivity index (χ0n) is 9.68. The molecule has 0 radical (unpaired) electrons. The molecule has 1 rings (SSSR count). The van der Waals surface area contributed by atoms with Gasteiger partial charge in [-0.2, -0.15) is 0 Å². The first-order chi connectivity index (χ1) is 7.59. The largest absolute Gasteiger partial charge is 0.481 e. The molecule has 3 heteroatoms. The Morgan fingerprint density at radius 2 is 2.25 bits per heavy atom. The lowest BCUT2D eigenvalue weighted by atomic mass is 9.99. The molecule has 0 spiro atoms. The highest BCUT2D eigenvalue weighted by Crippen LogP contribution is 2.21. The van der Waals surface area contributed by atoms with Crippen LogP contribution in [0.1, 0.15) is 32.4 Å².